The molecule has 5 nitrogen and oxygen atoms in total. The average Bonchev–Trinajstić information content (AvgIpc) is 2.76. The number of aromatic nitrogens is 2. The summed E-state index contributed by atoms with van der Waals surface area (Å²) in [6.07, 6.45) is 4.70. The molecule has 2 heterocycles. The van der Waals surface area contributed by atoms with Crippen molar-refractivity contribution in [2.45, 2.75) is 13.0 Å². The fourth-order valence-electron chi connectivity index (χ4n) is 2.10. The summed E-state index contributed by atoms with van der Waals surface area (Å²) in [6.45, 7) is 2.78. The fraction of sp³-hybridized carbons (Fsp3) is 0.357. The summed E-state index contributed by atoms with van der Waals surface area (Å²) in [5.41, 5.74) is 7.48. The molecule has 0 saturated carbocycles. The Kier molecular flexibility index (Phi) is 3.37. The molecule has 100 valence electrons. The molecule has 1 aliphatic rings. The first kappa shape index (κ1) is 12.0. The predicted octanol–water partition coefficient (Wildman–Crippen LogP) is 1.67. The minimum atomic E-state index is 0.608. The van der Waals surface area contributed by atoms with Crippen molar-refractivity contribution in [3.63, 3.8) is 0 Å². The Labute approximate surface area is 112 Å². The molecule has 1 aromatic heterocycles. The normalized spacial score (nSPS) is 14.2. The molecule has 0 fully saturated rings. The molecule has 2 aromatic rings. The predicted molar refractivity (Wildman–Crippen MR) is 72.3 cm³/mol. The zero-order chi connectivity index (χ0) is 13.1. The maximum absolute atomic E-state index is 5.69. The van der Waals surface area contributed by atoms with Crippen LogP contribution in [-0.4, -0.2) is 29.3 Å². The summed E-state index contributed by atoms with van der Waals surface area (Å²) in [6, 6.07) is 5.93. The Morgan fingerprint density at radius 1 is 1.21 bits per heavy atom. The zero-order valence-electron chi connectivity index (χ0n) is 10.7. The molecule has 19 heavy (non-hydrogen) atoms. The lowest BCUT2D eigenvalue weighted by Crippen LogP contribution is -2.07. The summed E-state index contributed by atoms with van der Waals surface area (Å²) in [5.74, 6) is 1.60. The number of nitrogens with two attached hydrogens (primary N) is 1. The summed E-state index contributed by atoms with van der Waals surface area (Å²) in [7, 11) is 0. The number of nitrogens with zero attached hydrogens (tertiary/aromatic N) is 2. The number of hydrogen-bond donors (Lipinski definition) is 1. The summed E-state index contributed by atoms with van der Waals surface area (Å²) >= 11 is 0. The van der Waals surface area contributed by atoms with E-state index >= 15 is 0 Å². The van der Waals surface area contributed by atoms with Crippen LogP contribution < -0.4 is 15.2 Å². The molecule has 0 atom stereocenters. The van der Waals surface area contributed by atoms with Crippen molar-refractivity contribution in [1.82, 2.24) is 9.55 Å². The number of rotatable bonds is 3. The van der Waals surface area contributed by atoms with Gasteiger partial charge in [0.2, 0.25) is 0 Å². The maximum atomic E-state index is 5.69. The van der Waals surface area contributed by atoms with Crippen LogP contribution in [0.5, 0.6) is 11.5 Å². The molecule has 1 aliphatic heterocycles. The lowest BCUT2D eigenvalue weighted by Gasteiger charge is -2.08. The zero-order valence-corrected chi connectivity index (χ0v) is 10.7. The molecule has 0 bridgehead atoms. The summed E-state index contributed by atoms with van der Waals surface area (Å²) in [5, 5.41) is 0. The molecule has 2 N–H and O–H groups in total. The largest absolute Gasteiger partial charge is 0.490 e. The quantitative estimate of drug-likeness (QED) is 0.910. The van der Waals surface area contributed by atoms with E-state index in [-0.39, 0.29) is 0 Å². The minimum Gasteiger partial charge on any atom is -0.490 e. The van der Waals surface area contributed by atoms with Crippen molar-refractivity contribution < 1.29 is 9.47 Å². The van der Waals surface area contributed by atoms with Crippen LogP contribution in [0.15, 0.2) is 30.7 Å². The van der Waals surface area contributed by atoms with Crippen LogP contribution in [0.3, 0.4) is 0 Å². The van der Waals surface area contributed by atoms with E-state index in [0.29, 0.717) is 19.8 Å². The van der Waals surface area contributed by atoms with Gasteiger partial charge in [0.25, 0.3) is 0 Å². The van der Waals surface area contributed by atoms with Gasteiger partial charge in [-0.15, -0.1) is 0 Å². The van der Waals surface area contributed by atoms with Gasteiger partial charge in [-0.2, -0.15) is 0 Å². The van der Waals surface area contributed by atoms with Crippen LogP contribution in [0.1, 0.15) is 6.42 Å². The van der Waals surface area contributed by atoms with Gasteiger partial charge in [-0.05, 0) is 18.2 Å². The van der Waals surface area contributed by atoms with Crippen LogP contribution in [0, 0.1) is 0 Å². The number of benzene rings is 1. The van der Waals surface area contributed by atoms with Gasteiger partial charge in [-0.1, -0.05) is 0 Å². The van der Waals surface area contributed by atoms with Crippen molar-refractivity contribution in [2.24, 2.45) is 5.73 Å². The molecule has 3 rings (SSSR count). The fourth-order valence-corrected chi connectivity index (χ4v) is 2.10. The van der Waals surface area contributed by atoms with Crippen molar-refractivity contribution in [3.8, 4) is 22.8 Å². The monoisotopic (exact) mass is 259 g/mol. The topological polar surface area (TPSA) is 62.3 Å². The average molecular weight is 259 g/mol. The molecular weight excluding hydrogens is 242 g/mol. The lowest BCUT2D eigenvalue weighted by molar-refractivity contribution is 0.297. The molecule has 0 aliphatic carbocycles. The number of imidazole rings is 1. The Morgan fingerprint density at radius 2 is 2.05 bits per heavy atom. The van der Waals surface area contributed by atoms with Crippen molar-refractivity contribution in [3.05, 3.63) is 30.7 Å². The van der Waals surface area contributed by atoms with Crippen LogP contribution in [0.25, 0.3) is 11.3 Å². The molecule has 5 heteroatoms. The van der Waals surface area contributed by atoms with E-state index in [1.54, 1.807) is 6.33 Å². The van der Waals surface area contributed by atoms with Crippen LogP contribution >= 0.6 is 0 Å². The molecule has 0 amide bonds. The van der Waals surface area contributed by atoms with Gasteiger partial charge < -0.3 is 19.8 Å². The molecule has 0 saturated heterocycles. The van der Waals surface area contributed by atoms with Gasteiger partial charge in [0, 0.05) is 31.3 Å². The van der Waals surface area contributed by atoms with Gasteiger partial charge in [0.1, 0.15) is 0 Å². The van der Waals surface area contributed by atoms with E-state index in [1.807, 2.05) is 29.0 Å². The SMILES string of the molecule is NCCn1cnc(-c2ccc3c(c2)OCCCO3)c1. The van der Waals surface area contributed by atoms with E-state index in [0.717, 1.165) is 35.7 Å². The van der Waals surface area contributed by atoms with Gasteiger partial charge in [0.15, 0.2) is 11.5 Å². The minimum absolute atomic E-state index is 0.608. The third kappa shape index (κ3) is 2.56. The Hall–Kier alpha value is -2.01. The van der Waals surface area contributed by atoms with Gasteiger partial charge >= 0.3 is 0 Å². The number of hydrogen-bond acceptors (Lipinski definition) is 4. The first-order chi connectivity index (χ1) is 9.36. The Morgan fingerprint density at radius 3 is 2.89 bits per heavy atom. The third-order valence-corrected chi connectivity index (χ3v) is 3.06. The third-order valence-electron chi connectivity index (χ3n) is 3.06. The highest BCUT2D eigenvalue weighted by atomic mass is 16.5. The highest BCUT2D eigenvalue weighted by Gasteiger charge is 2.12. The highest BCUT2D eigenvalue weighted by molar-refractivity contribution is 5.63. The Bertz CT molecular complexity index is 566. The smallest absolute Gasteiger partial charge is 0.161 e. The molecule has 0 spiro atoms. The first-order valence-corrected chi connectivity index (χ1v) is 6.48. The number of fused-ring (bicyclic) bond motifs is 1. The summed E-state index contributed by atoms with van der Waals surface area (Å²) < 4.78 is 13.3. The maximum Gasteiger partial charge on any atom is 0.161 e. The van der Waals surface area contributed by atoms with E-state index in [1.165, 1.54) is 0 Å². The van der Waals surface area contributed by atoms with Crippen molar-refractivity contribution in [1.29, 1.82) is 0 Å². The van der Waals surface area contributed by atoms with E-state index in [2.05, 4.69) is 4.98 Å². The highest BCUT2D eigenvalue weighted by Crippen LogP contribution is 2.33. The second-order valence-corrected chi connectivity index (χ2v) is 4.50. The second-order valence-electron chi connectivity index (χ2n) is 4.50. The second kappa shape index (κ2) is 5.32. The molecule has 1 aromatic carbocycles. The van der Waals surface area contributed by atoms with Crippen molar-refractivity contribution in [2.75, 3.05) is 19.8 Å². The van der Waals surface area contributed by atoms with Gasteiger partial charge in [-0.3, -0.25) is 0 Å². The molecule has 0 radical (unpaired) electrons. The standard InChI is InChI=1S/C14H17N3O2/c15-4-5-17-9-12(16-10-17)11-2-3-13-14(8-11)19-7-1-6-18-13/h2-3,8-10H,1,4-7,15H2. The van der Waals surface area contributed by atoms with Crippen LogP contribution in [-0.2, 0) is 6.54 Å². The van der Waals surface area contributed by atoms with Gasteiger partial charge in [0.05, 0.1) is 25.2 Å². The Balaban J connectivity index is 1.89. The van der Waals surface area contributed by atoms with Crippen LogP contribution in [0.4, 0.5) is 0 Å². The van der Waals surface area contributed by atoms with E-state index < -0.39 is 0 Å². The van der Waals surface area contributed by atoms with Gasteiger partial charge in [-0.25, -0.2) is 4.98 Å². The first-order valence-electron chi connectivity index (χ1n) is 6.48. The molecular formula is C14H17N3O2. The lowest BCUT2D eigenvalue weighted by atomic mass is 10.1. The van der Waals surface area contributed by atoms with E-state index in [4.69, 9.17) is 15.2 Å². The van der Waals surface area contributed by atoms with Crippen LogP contribution in [0.2, 0.25) is 0 Å². The van der Waals surface area contributed by atoms with Crippen molar-refractivity contribution >= 4 is 0 Å². The summed E-state index contributed by atoms with van der Waals surface area (Å²) in [4.78, 5) is 4.39. The number of ether oxygens (including phenoxy) is 2. The van der Waals surface area contributed by atoms with E-state index in [9.17, 15) is 0 Å². The molecule has 0 unspecified atom stereocenters.